The van der Waals surface area contributed by atoms with Crippen LogP contribution in [-0.2, 0) is 0 Å². The summed E-state index contributed by atoms with van der Waals surface area (Å²) in [6.07, 6.45) is 5.82. The number of allylic oxidation sites excluding steroid dienone is 1. The standard InChI is InChI=1S/C16H31N/c1-8-10-14(5)16(6,17-7)12-11-15(9-2)13(3)4/h15,17H,3,5,8-12H2,1-2,4,6-7H3. The predicted molar refractivity (Wildman–Crippen MR) is 79.3 cm³/mol. The molecule has 0 bridgehead atoms. The second-order valence-corrected chi connectivity index (χ2v) is 5.43. The normalized spacial score (nSPS) is 16.3. The fraction of sp³-hybridized carbons (Fsp3) is 0.750. The zero-order chi connectivity index (χ0) is 13.5. The molecule has 0 rings (SSSR count). The molecule has 0 saturated heterocycles. The van der Waals surface area contributed by atoms with Crippen LogP contribution in [-0.4, -0.2) is 12.6 Å². The summed E-state index contributed by atoms with van der Waals surface area (Å²) in [5, 5.41) is 3.45. The summed E-state index contributed by atoms with van der Waals surface area (Å²) in [5.41, 5.74) is 2.73. The van der Waals surface area contributed by atoms with E-state index in [1.54, 1.807) is 0 Å². The molecule has 0 radical (unpaired) electrons. The van der Waals surface area contributed by atoms with Gasteiger partial charge < -0.3 is 5.32 Å². The average Bonchev–Trinajstić information content (AvgIpc) is 2.29. The number of likely N-dealkylation sites (N-methyl/N-ethyl adjacent to an activating group) is 1. The predicted octanol–water partition coefficient (Wildman–Crippen LogP) is 4.70. The topological polar surface area (TPSA) is 12.0 Å². The van der Waals surface area contributed by atoms with Gasteiger partial charge in [-0.05, 0) is 52.5 Å². The Morgan fingerprint density at radius 3 is 2.24 bits per heavy atom. The van der Waals surface area contributed by atoms with Gasteiger partial charge in [0.2, 0.25) is 0 Å². The minimum absolute atomic E-state index is 0.0822. The minimum atomic E-state index is 0.0822. The Kier molecular flexibility index (Phi) is 7.45. The van der Waals surface area contributed by atoms with Crippen molar-refractivity contribution in [3.05, 3.63) is 24.3 Å². The molecule has 0 amide bonds. The molecule has 17 heavy (non-hydrogen) atoms. The Morgan fingerprint density at radius 2 is 1.88 bits per heavy atom. The van der Waals surface area contributed by atoms with Crippen LogP contribution in [0.25, 0.3) is 0 Å². The van der Waals surface area contributed by atoms with Gasteiger partial charge >= 0.3 is 0 Å². The van der Waals surface area contributed by atoms with Gasteiger partial charge in [0.1, 0.15) is 0 Å². The smallest absolute Gasteiger partial charge is 0.0360 e. The van der Waals surface area contributed by atoms with E-state index < -0.39 is 0 Å². The molecule has 0 aliphatic carbocycles. The quantitative estimate of drug-likeness (QED) is 0.573. The summed E-state index contributed by atoms with van der Waals surface area (Å²) in [7, 11) is 2.04. The Hall–Kier alpha value is -0.560. The average molecular weight is 237 g/mol. The Labute approximate surface area is 108 Å². The highest BCUT2D eigenvalue weighted by Crippen LogP contribution is 2.29. The Balaban J connectivity index is 4.47. The van der Waals surface area contributed by atoms with Crippen LogP contribution < -0.4 is 5.32 Å². The molecule has 1 heteroatoms. The molecule has 0 aliphatic heterocycles. The summed E-state index contributed by atoms with van der Waals surface area (Å²) in [6, 6.07) is 0. The van der Waals surface area contributed by atoms with E-state index in [-0.39, 0.29) is 5.54 Å². The summed E-state index contributed by atoms with van der Waals surface area (Å²) in [5.74, 6) is 0.650. The van der Waals surface area contributed by atoms with E-state index in [9.17, 15) is 0 Å². The highest BCUT2D eigenvalue weighted by Gasteiger charge is 2.25. The van der Waals surface area contributed by atoms with Crippen LogP contribution >= 0.6 is 0 Å². The number of rotatable bonds is 9. The molecule has 2 unspecified atom stereocenters. The van der Waals surface area contributed by atoms with E-state index in [0.717, 1.165) is 12.8 Å². The molecule has 0 heterocycles. The van der Waals surface area contributed by atoms with Crippen molar-refractivity contribution in [1.29, 1.82) is 0 Å². The molecule has 0 fully saturated rings. The third kappa shape index (κ3) is 5.08. The van der Waals surface area contributed by atoms with Crippen LogP contribution in [0.5, 0.6) is 0 Å². The minimum Gasteiger partial charge on any atom is -0.311 e. The van der Waals surface area contributed by atoms with Crippen molar-refractivity contribution in [3.63, 3.8) is 0 Å². The molecule has 1 N–H and O–H groups in total. The third-order valence-electron chi connectivity index (χ3n) is 4.07. The van der Waals surface area contributed by atoms with Gasteiger partial charge in [-0.2, -0.15) is 0 Å². The molecular weight excluding hydrogens is 206 g/mol. The lowest BCUT2D eigenvalue weighted by Crippen LogP contribution is -2.41. The summed E-state index contributed by atoms with van der Waals surface area (Å²) in [4.78, 5) is 0. The molecule has 0 saturated carbocycles. The lowest BCUT2D eigenvalue weighted by molar-refractivity contribution is 0.363. The van der Waals surface area contributed by atoms with Crippen LogP contribution in [0.1, 0.15) is 59.8 Å². The monoisotopic (exact) mass is 237 g/mol. The first kappa shape index (κ1) is 16.4. The Bertz CT molecular complexity index is 254. The second kappa shape index (κ2) is 7.71. The van der Waals surface area contributed by atoms with Crippen LogP contribution in [0.15, 0.2) is 24.3 Å². The van der Waals surface area contributed by atoms with Gasteiger partial charge in [0.05, 0.1) is 0 Å². The van der Waals surface area contributed by atoms with E-state index >= 15 is 0 Å². The molecular formula is C16H31N. The Morgan fingerprint density at radius 1 is 1.29 bits per heavy atom. The van der Waals surface area contributed by atoms with Gasteiger partial charge in [-0.1, -0.05) is 44.6 Å². The van der Waals surface area contributed by atoms with Crippen LogP contribution in [0.2, 0.25) is 0 Å². The third-order valence-corrected chi connectivity index (χ3v) is 4.07. The fourth-order valence-corrected chi connectivity index (χ4v) is 2.32. The molecule has 2 atom stereocenters. The summed E-state index contributed by atoms with van der Waals surface area (Å²) in [6.45, 7) is 17.2. The molecule has 100 valence electrons. The largest absolute Gasteiger partial charge is 0.311 e. The van der Waals surface area contributed by atoms with Crippen molar-refractivity contribution in [2.45, 2.75) is 65.3 Å². The lowest BCUT2D eigenvalue weighted by Gasteiger charge is -2.33. The number of nitrogens with one attached hydrogen (secondary N) is 1. The van der Waals surface area contributed by atoms with Crippen LogP contribution in [0, 0.1) is 5.92 Å². The number of hydrogen-bond acceptors (Lipinski definition) is 1. The lowest BCUT2D eigenvalue weighted by atomic mass is 9.81. The maximum absolute atomic E-state index is 4.25. The van der Waals surface area contributed by atoms with Crippen molar-refractivity contribution in [2.75, 3.05) is 7.05 Å². The highest BCUT2D eigenvalue weighted by atomic mass is 14.9. The van der Waals surface area contributed by atoms with Gasteiger partial charge in [-0.3, -0.25) is 0 Å². The van der Waals surface area contributed by atoms with Crippen molar-refractivity contribution >= 4 is 0 Å². The van der Waals surface area contributed by atoms with E-state index in [2.05, 4.69) is 46.2 Å². The van der Waals surface area contributed by atoms with Crippen LogP contribution in [0.3, 0.4) is 0 Å². The first-order chi connectivity index (χ1) is 7.91. The van der Waals surface area contributed by atoms with Gasteiger partial charge in [-0.25, -0.2) is 0 Å². The molecule has 0 aliphatic rings. The van der Waals surface area contributed by atoms with Crippen molar-refractivity contribution in [2.24, 2.45) is 5.92 Å². The summed E-state index contributed by atoms with van der Waals surface area (Å²) < 4.78 is 0. The number of hydrogen-bond donors (Lipinski definition) is 1. The van der Waals surface area contributed by atoms with E-state index in [0.29, 0.717) is 5.92 Å². The summed E-state index contributed by atoms with van der Waals surface area (Å²) >= 11 is 0. The maximum atomic E-state index is 4.25. The molecule has 0 spiro atoms. The molecule has 1 nitrogen and oxygen atoms in total. The highest BCUT2D eigenvalue weighted by molar-refractivity contribution is 5.15. The van der Waals surface area contributed by atoms with Crippen molar-refractivity contribution < 1.29 is 0 Å². The molecule has 0 aromatic heterocycles. The van der Waals surface area contributed by atoms with Crippen molar-refractivity contribution in [1.82, 2.24) is 5.32 Å². The van der Waals surface area contributed by atoms with Gasteiger partial charge in [0, 0.05) is 5.54 Å². The SMILES string of the molecule is C=C(C)C(CC)CCC(C)(NC)C(=C)CCC. The zero-order valence-corrected chi connectivity index (χ0v) is 12.5. The maximum Gasteiger partial charge on any atom is 0.0360 e. The van der Waals surface area contributed by atoms with Gasteiger partial charge in [-0.15, -0.1) is 0 Å². The first-order valence-corrected chi connectivity index (χ1v) is 6.93. The van der Waals surface area contributed by atoms with E-state index in [4.69, 9.17) is 0 Å². The van der Waals surface area contributed by atoms with Gasteiger partial charge in [0.25, 0.3) is 0 Å². The molecule has 0 aromatic rings. The van der Waals surface area contributed by atoms with Crippen LogP contribution in [0.4, 0.5) is 0 Å². The van der Waals surface area contributed by atoms with Crippen molar-refractivity contribution in [3.8, 4) is 0 Å². The zero-order valence-electron chi connectivity index (χ0n) is 12.5. The van der Waals surface area contributed by atoms with Gasteiger partial charge in [0.15, 0.2) is 0 Å². The second-order valence-electron chi connectivity index (χ2n) is 5.43. The first-order valence-electron chi connectivity index (χ1n) is 6.93. The molecule has 0 aromatic carbocycles. The fourth-order valence-electron chi connectivity index (χ4n) is 2.32. The van der Waals surface area contributed by atoms with E-state index in [1.165, 1.54) is 30.4 Å². The van der Waals surface area contributed by atoms with E-state index in [1.807, 2.05) is 7.05 Å².